The summed E-state index contributed by atoms with van der Waals surface area (Å²) in [7, 11) is 0. The average molecular weight is 170 g/mol. The Labute approximate surface area is 67.8 Å². The Balaban J connectivity index is 2.92. The highest BCUT2D eigenvalue weighted by atomic mass is 32.2. The zero-order valence-electron chi connectivity index (χ0n) is 5.87. The van der Waals surface area contributed by atoms with Crippen molar-refractivity contribution >= 4 is 28.4 Å². The molecule has 0 amide bonds. The Hall–Kier alpha value is -0.900. The van der Waals surface area contributed by atoms with Crippen LogP contribution in [0.5, 0.6) is 0 Å². The molecule has 0 saturated carbocycles. The molecule has 0 N–H and O–H groups in total. The summed E-state index contributed by atoms with van der Waals surface area (Å²) in [5.74, 6) is -1.83. The fourth-order valence-electron chi connectivity index (χ4n) is 0.815. The number of Topliss-reactive ketones (excluding diaryl/α,β-unsaturated/α-hetero) is 1. The summed E-state index contributed by atoms with van der Waals surface area (Å²) in [5, 5.41) is 1.04. The van der Waals surface area contributed by atoms with E-state index in [1.54, 1.807) is 0 Å². The summed E-state index contributed by atoms with van der Waals surface area (Å²) >= 11 is 0.897. The molecule has 58 valence electrons. The van der Waals surface area contributed by atoms with E-state index in [4.69, 9.17) is 0 Å². The van der Waals surface area contributed by atoms with Gasteiger partial charge in [-0.3, -0.25) is 14.4 Å². The molecule has 0 aromatic carbocycles. The van der Waals surface area contributed by atoms with Crippen molar-refractivity contribution in [3.8, 4) is 0 Å². The zero-order chi connectivity index (χ0) is 8.43. The molecule has 0 fully saturated rings. The van der Waals surface area contributed by atoms with Gasteiger partial charge in [-0.2, -0.15) is 0 Å². The van der Waals surface area contributed by atoms with Crippen molar-refractivity contribution < 1.29 is 14.4 Å². The maximum Gasteiger partial charge on any atom is 0.211 e. The Morgan fingerprint density at radius 2 is 2.18 bits per heavy atom. The van der Waals surface area contributed by atoms with Gasteiger partial charge in [-0.1, -0.05) is 11.8 Å². The maximum atomic E-state index is 10.9. The number of hydrogen-bond donors (Lipinski definition) is 0. The summed E-state index contributed by atoms with van der Waals surface area (Å²) in [6, 6.07) is 0. The molecule has 0 aliphatic carbocycles. The second-order valence-corrected chi connectivity index (χ2v) is 3.10. The SMILES string of the molecule is CC(=O)C1C(=O)C=CSC1=O. The van der Waals surface area contributed by atoms with Gasteiger partial charge in [-0.05, 0) is 18.4 Å². The molecule has 1 aliphatic rings. The monoisotopic (exact) mass is 170 g/mol. The maximum absolute atomic E-state index is 10.9. The lowest BCUT2D eigenvalue weighted by Gasteiger charge is -2.09. The molecule has 1 aliphatic heterocycles. The normalized spacial score (nSPS) is 23.9. The third-order valence-corrected chi connectivity index (χ3v) is 2.08. The minimum absolute atomic E-state index is 0.370. The van der Waals surface area contributed by atoms with Crippen LogP contribution in [0.15, 0.2) is 11.5 Å². The van der Waals surface area contributed by atoms with Crippen LogP contribution in [0, 0.1) is 5.92 Å². The van der Waals surface area contributed by atoms with Crippen LogP contribution in [0.25, 0.3) is 0 Å². The predicted octanol–water partition coefficient (Wildman–Crippen LogP) is 0.548. The highest BCUT2D eigenvalue weighted by Crippen LogP contribution is 2.20. The van der Waals surface area contributed by atoms with Crippen LogP contribution in [-0.2, 0) is 14.4 Å². The molecule has 1 heterocycles. The summed E-state index contributed by atoms with van der Waals surface area (Å²) in [5.41, 5.74) is 0. The van der Waals surface area contributed by atoms with Gasteiger partial charge in [0, 0.05) is 0 Å². The van der Waals surface area contributed by atoms with E-state index in [1.165, 1.54) is 18.4 Å². The first-order chi connectivity index (χ1) is 5.13. The summed E-state index contributed by atoms with van der Waals surface area (Å²) in [4.78, 5) is 32.6. The third kappa shape index (κ3) is 1.57. The zero-order valence-corrected chi connectivity index (χ0v) is 6.68. The van der Waals surface area contributed by atoms with E-state index in [2.05, 4.69) is 0 Å². The van der Waals surface area contributed by atoms with Crippen LogP contribution < -0.4 is 0 Å². The lowest BCUT2D eigenvalue weighted by Crippen LogP contribution is -2.28. The molecule has 4 heteroatoms. The third-order valence-electron chi connectivity index (χ3n) is 1.34. The largest absolute Gasteiger partial charge is 0.299 e. The van der Waals surface area contributed by atoms with Crippen LogP contribution >= 0.6 is 11.8 Å². The lowest BCUT2D eigenvalue weighted by molar-refractivity contribution is -0.133. The topological polar surface area (TPSA) is 51.2 Å². The highest BCUT2D eigenvalue weighted by molar-refractivity contribution is 8.16. The Morgan fingerprint density at radius 3 is 2.55 bits per heavy atom. The molecular weight excluding hydrogens is 164 g/mol. The molecule has 0 saturated heterocycles. The lowest BCUT2D eigenvalue weighted by atomic mass is 10.0. The fourth-order valence-corrected chi connectivity index (χ4v) is 1.57. The van der Waals surface area contributed by atoms with E-state index in [0.29, 0.717) is 0 Å². The summed E-state index contributed by atoms with van der Waals surface area (Å²) < 4.78 is 0. The number of hydrogen-bond acceptors (Lipinski definition) is 4. The van der Waals surface area contributed by atoms with Crippen molar-refractivity contribution in [2.45, 2.75) is 6.92 Å². The summed E-state index contributed by atoms with van der Waals surface area (Å²) in [6.45, 7) is 1.25. The van der Waals surface area contributed by atoms with Crippen molar-refractivity contribution in [1.29, 1.82) is 0 Å². The summed E-state index contributed by atoms with van der Waals surface area (Å²) in [6.07, 6.45) is 1.26. The van der Waals surface area contributed by atoms with E-state index in [1.807, 2.05) is 0 Å². The quantitative estimate of drug-likeness (QED) is 0.539. The molecule has 1 atom stereocenters. The Bertz CT molecular complexity index is 254. The molecule has 1 rings (SSSR count). The molecule has 0 spiro atoms. The van der Waals surface area contributed by atoms with E-state index < -0.39 is 11.7 Å². The van der Waals surface area contributed by atoms with Crippen LogP contribution in [0.3, 0.4) is 0 Å². The van der Waals surface area contributed by atoms with Crippen LogP contribution in [-0.4, -0.2) is 16.7 Å². The molecule has 0 bridgehead atoms. The standard InChI is InChI=1S/C7H6O3S/c1-4(8)6-5(9)2-3-11-7(6)10/h2-3,6H,1H3. The van der Waals surface area contributed by atoms with Gasteiger partial charge in [0.2, 0.25) is 5.12 Å². The number of thioether (sulfide) groups is 1. The van der Waals surface area contributed by atoms with Crippen LogP contribution in [0.2, 0.25) is 0 Å². The van der Waals surface area contributed by atoms with E-state index in [-0.39, 0.29) is 10.9 Å². The van der Waals surface area contributed by atoms with Gasteiger partial charge in [0.25, 0.3) is 0 Å². The second kappa shape index (κ2) is 3.00. The van der Waals surface area contributed by atoms with Crippen molar-refractivity contribution in [3.63, 3.8) is 0 Å². The van der Waals surface area contributed by atoms with E-state index in [9.17, 15) is 14.4 Å². The highest BCUT2D eigenvalue weighted by Gasteiger charge is 2.31. The minimum atomic E-state index is -1.05. The number of carbonyl (C=O) groups is 3. The van der Waals surface area contributed by atoms with Gasteiger partial charge >= 0.3 is 0 Å². The van der Waals surface area contributed by atoms with Crippen molar-refractivity contribution in [2.24, 2.45) is 5.92 Å². The Kier molecular flexibility index (Phi) is 2.24. The molecule has 0 aromatic rings. The molecule has 0 aromatic heterocycles. The Morgan fingerprint density at radius 1 is 1.55 bits per heavy atom. The van der Waals surface area contributed by atoms with Gasteiger partial charge in [-0.25, -0.2) is 0 Å². The average Bonchev–Trinajstić information content (AvgIpc) is 1.85. The van der Waals surface area contributed by atoms with Crippen LogP contribution in [0.4, 0.5) is 0 Å². The first-order valence-electron chi connectivity index (χ1n) is 3.04. The van der Waals surface area contributed by atoms with Crippen LogP contribution in [0.1, 0.15) is 6.92 Å². The smallest absolute Gasteiger partial charge is 0.211 e. The molecule has 1 unspecified atom stereocenters. The second-order valence-electron chi connectivity index (χ2n) is 2.19. The molecular formula is C7H6O3S. The van der Waals surface area contributed by atoms with E-state index >= 15 is 0 Å². The number of carbonyl (C=O) groups excluding carboxylic acids is 3. The number of allylic oxidation sites excluding steroid dienone is 1. The van der Waals surface area contributed by atoms with Crippen molar-refractivity contribution in [3.05, 3.63) is 11.5 Å². The predicted molar refractivity (Wildman–Crippen MR) is 40.9 cm³/mol. The van der Waals surface area contributed by atoms with Crippen molar-refractivity contribution in [2.75, 3.05) is 0 Å². The number of ketones is 2. The molecule has 11 heavy (non-hydrogen) atoms. The number of rotatable bonds is 1. The van der Waals surface area contributed by atoms with Gasteiger partial charge < -0.3 is 0 Å². The van der Waals surface area contributed by atoms with Crippen molar-refractivity contribution in [1.82, 2.24) is 0 Å². The minimum Gasteiger partial charge on any atom is -0.299 e. The van der Waals surface area contributed by atoms with Gasteiger partial charge in [-0.15, -0.1) is 0 Å². The van der Waals surface area contributed by atoms with Gasteiger partial charge in [0.1, 0.15) is 11.7 Å². The first-order valence-corrected chi connectivity index (χ1v) is 3.92. The van der Waals surface area contributed by atoms with Gasteiger partial charge in [0.15, 0.2) is 5.78 Å². The molecule has 3 nitrogen and oxygen atoms in total. The van der Waals surface area contributed by atoms with Gasteiger partial charge in [0.05, 0.1) is 0 Å². The van der Waals surface area contributed by atoms with E-state index in [0.717, 1.165) is 11.8 Å². The fraction of sp³-hybridized carbons (Fsp3) is 0.286. The molecule has 0 radical (unpaired) electrons. The first kappa shape index (κ1) is 8.20.